The first-order valence-electron chi connectivity index (χ1n) is 4.64. The Kier molecular flexibility index (Phi) is 3.57. The molecule has 86 valence electrons. The highest BCUT2D eigenvalue weighted by molar-refractivity contribution is 5.73. The summed E-state index contributed by atoms with van der Waals surface area (Å²) in [5, 5.41) is 19.3. The molecule has 16 heavy (non-hydrogen) atoms. The monoisotopic (exact) mass is 224 g/mol. The van der Waals surface area contributed by atoms with Gasteiger partial charge in [-0.05, 0) is 18.9 Å². The normalized spacial score (nSPS) is 12.1. The van der Waals surface area contributed by atoms with Gasteiger partial charge in [-0.25, -0.2) is 0 Å². The largest absolute Gasteiger partial charge is 0.480 e. The van der Waals surface area contributed by atoms with E-state index < -0.39 is 16.9 Å². The van der Waals surface area contributed by atoms with Crippen LogP contribution in [0.3, 0.4) is 0 Å². The van der Waals surface area contributed by atoms with Gasteiger partial charge >= 0.3 is 5.97 Å². The quantitative estimate of drug-likeness (QED) is 0.582. The average molecular weight is 224 g/mol. The van der Waals surface area contributed by atoms with Crippen molar-refractivity contribution >= 4 is 11.7 Å². The van der Waals surface area contributed by atoms with Crippen molar-refractivity contribution in [2.75, 3.05) is 0 Å². The molecule has 6 heteroatoms. The molecule has 0 fully saturated rings. The zero-order valence-electron chi connectivity index (χ0n) is 8.71. The molecule has 0 aliphatic heterocycles. The summed E-state index contributed by atoms with van der Waals surface area (Å²) in [5.41, 5.74) is 6.41. The molecule has 0 saturated heterocycles. The third kappa shape index (κ3) is 2.77. The van der Waals surface area contributed by atoms with Crippen LogP contribution in [0.4, 0.5) is 5.69 Å². The van der Waals surface area contributed by atoms with Crippen molar-refractivity contribution in [3.63, 3.8) is 0 Å². The van der Waals surface area contributed by atoms with Crippen molar-refractivity contribution < 1.29 is 14.8 Å². The van der Waals surface area contributed by atoms with Crippen molar-refractivity contribution in [2.45, 2.75) is 19.4 Å². The van der Waals surface area contributed by atoms with E-state index >= 15 is 0 Å². The number of nitro groups is 1. The molecule has 6 nitrogen and oxygen atoms in total. The van der Waals surface area contributed by atoms with Crippen molar-refractivity contribution in [1.29, 1.82) is 0 Å². The molecule has 0 aromatic heterocycles. The number of rotatable bonds is 4. The van der Waals surface area contributed by atoms with E-state index in [4.69, 9.17) is 10.8 Å². The Hall–Kier alpha value is -1.95. The molecule has 0 radical (unpaired) electrons. The van der Waals surface area contributed by atoms with Gasteiger partial charge in [-0.2, -0.15) is 0 Å². The number of benzene rings is 1. The van der Waals surface area contributed by atoms with Crippen LogP contribution >= 0.6 is 0 Å². The molecule has 1 aromatic rings. The van der Waals surface area contributed by atoms with Gasteiger partial charge in [-0.15, -0.1) is 0 Å². The van der Waals surface area contributed by atoms with E-state index in [1.807, 2.05) is 0 Å². The fourth-order valence-corrected chi connectivity index (χ4v) is 1.32. The van der Waals surface area contributed by atoms with Crippen LogP contribution in [0.5, 0.6) is 0 Å². The van der Waals surface area contributed by atoms with Gasteiger partial charge in [0.25, 0.3) is 5.69 Å². The SMILES string of the molecule is Cc1ccc(C[C@H](N)C(=O)O)cc1[N+](=O)[O-]. The number of nitro benzene ring substituents is 1. The van der Waals surface area contributed by atoms with Gasteiger partial charge in [0.05, 0.1) is 4.92 Å². The van der Waals surface area contributed by atoms with Crippen LogP contribution in [-0.2, 0) is 11.2 Å². The number of hydrogen-bond donors (Lipinski definition) is 2. The van der Waals surface area contributed by atoms with Crippen LogP contribution in [0.25, 0.3) is 0 Å². The third-order valence-corrected chi connectivity index (χ3v) is 2.24. The van der Waals surface area contributed by atoms with Gasteiger partial charge in [0.1, 0.15) is 6.04 Å². The van der Waals surface area contributed by atoms with E-state index in [-0.39, 0.29) is 12.1 Å². The molecule has 0 aliphatic rings. The Morgan fingerprint density at radius 1 is 1.62 bits per heavy atom. The molecule has 0 unspecified atom stereocenters. The van der Waals surface area contributed by atoms with Crippen LogP contribution in [0, 0.1) is 17.0 Å². The molecule has 0 bridgehead atoms. The Morgan fingerprint density at radius 2 is 2.25 bits per heavy atom. The smallest absolute Gasteiger partial charge is 0.320 e. The highest BCUT2D eigenvalue weighted by Gasteiger charge is 2.15. The highest BCUT2D eigenvalue weighted by Crippen LogP contribution is 2.19. The third-order valence-electron chi connectivity index (χ3n) is 2.24. The number of carbonyl (C=O) groups is 1. The molecular formula is C10H12N2O4. The lowest BCUT2D eigenvalue weighted by Gasteiger charge is -2.06. The second-order valence-corrected chi connectivity index (χ2v) is 3.53. The highest BCUT2D eigenvalue weighted by atomic mass is 16.6. The average Bonchev–Trinajstić information content (AvgIpc) is 2.20. The summed E-state index contributed by atoms with van der Waals surface area (Å²) in [7, 11) is 0. The fraction of sp³-hybridized carbons (Fsp3) is 0.300. The first kappa shape index (κ1) is 12.1. The Bertz CT molecular complexity index is 431. The predicted molar refractivity (Wildman–Crippen MR) is 57.1 cm³/mol. The maximum atomic E-state index is 10.7. The first-order valence-corrected chi connectivity index (χ1v) is 4.64. The zero-order chi connectivity index (χ0) is 12.3. The standard InChI is InChI=1S/C10H12N2O4/c1-6-2-3-7(4-8(11)10(13)14)5-9(6)12(15)16/h2-3,5,8H,4,11H2,1H3,(H,13,14)/t8-/m0/s1. The molecule has 0 amide bonds. The van der Waals surface area contributed by atoms with Crippen LogP contribution in [-0.4, -0.2) is 22.0 Å². The number of hydrogen-bond acceptors (Lipinski definition) is 4. The van der Waals surface area contributed by atoms with E-state index in [0.717, 1.165) is 0 Å². The summed E-state index contributed by atoms with van der Waals surface area (Å²) in [6.07, 6.45) is 0.0798. The van der Waals surface area contributed by atoms with Gasteiger partial charge in [0, 0.05) is 11.6 Å². The van der Waals surface area contributed by atoms with Crippen LogP contribution < -0.4 is 5.73 Å². The molecule has 1 rings (SSSR count). The predicted octanol–water partition coefficient (Wildman–Crippen LogP) is 0.858. The minimum Gasteiger partial charge on any atom is -0.480 e. The van der Waals surface area contributed by atoms with Crippen molar-refractivity contribution in [3.8, 4) is 0 Å². The van der Waals surface area contributed by atoms with Gasteiger partial charge in [-0.1, -0.05) is 12.1 Å². The summed E-state index contributed by atoms with van der Waals surface area (Å²) in [6.45, 7) is 1.62. The Labute approximate surface area is 91.8 Å². The molecule has 0 aliphatic carbocycles. The summed E-state index contributed by atoms with van der Waals surface area (Å²) in [5.74, 6) is -1.12. The summed E-state index contributed by atoms with van der Waals surface area (Å²) in [4.78, 5) is 20.7. The molecule has 0 spiro atoms. The Morgan fingerprint density at radius 3 is 2.75 bits per heavy atom. The molecular weight excluding hydrogens is 212 g/mol. The van der Waals surface area contributed by atoms with Crippen LogP contribution in [0.15, 0.2) is 18.2 Å². The van der Waals surface area contributed by atoms with Gasteiger partial charge in [0.15, 0.2) is 0 Å². The minimum atomic E-state index is -1.12. The minimum absolute atomic E-state index is 0.0184. The van der Waals surface area contributed by atoms with Crippen LogP contribution in [0.2, 0.25) is 0 Å². The number of carboxylic acid groups (broad SMARTS) is 1. The lowest BCUT2D eigenvalue weighted by atomic mass is 10.0. The lowest BCUT2D eigenvalue weighted by Crippen LogP contribution is -2.32. The lowest BCUT2D eigenvalue weighted by molar-refractivity contribution is -0.385. The summed E-state index contributed by atoms with van der Waals surface area (Å²) >= 11 is 0. The second-order valence-electron chi connectivity index (χ2n) is 3.53. The van der Waals surface area contributed by atoms with Gasteiger partial charge < -0.3 is 10.8 Å². The van der Waals surface area contributed by atoms with Crippen LogP contribution in [0.1, 0.15) is 11.1 Å². The molecule has 0 heterocycles. The van der Waals surface area contributed by atoms with E-state index in [2.05, 4.69) is 0 Å². The number of aliphatic carboxylic acids is 1. The Balaban J connectivity index is 2.95. The maximum absolute atomic E-state index is 10.7. The topological polar surface area (TPSA) is 106 Å². The van der Waals surface area contributed by atoms with Gasteiger partial charge in [0.2, 0.25) is 0 Å². The van der Waals surface area contributed by atoms with Gasteiger partial charge in [-0.3, -0.25) is 14.9 Å². The first-order chi connectivity index (χ1) is 7.41. The van der Waals surface area contributed by atoms with Crippen molar-refractivity contribution in [3.05, 3.63) is 39.4 Å². The summed E-state index contributed by atoms with van der Waals surface area (Å²) < 4.78 is 0. The van der Waals surface area contributed by atoms with Crippen molar-refractivity contribution in [2.24, 2.45) is 5.73 Å². The maximum Gasteiger partial charge on any atom is 0.320 e. The fourth-order valence-electron chi connectivity index (χ4n) is 1.32. The number of aryl methyl sites for hydroxylation is 1. The molecule has 3 N–H and O–H groups in total. The van der Waals surface area contributed by atoms with E-state index in [9.17, 15) is 14.9 Å². The zero-order valence-corrected chi connectivity index (χ0v) is 8.71. The number of nitrogens with two attached hydrogens (primary N) is 1. The molecule has 1 aromatic carbocycles. The number of carboxylic acids is 1. The number of nitrogens with zero attached hydrogens (tertiary/aromatic N) is 1. The molecule has 1 atom stereocenters. The van der Waals surface area contributed by atoms with E-state index in [1.54, 1.807) is 19.1 Å². The summed E-state index contributed by atoms with van der Waals surface area (Å²) in [6, 6.07) is 3.55. The second kappa shape index (κ2) is 4.71. The molecule has 0 saturated carbocycles. The van der Waals surface area contributed by atoms with E-state index in [1.165, 1.54) is 6.07 Å². The van der Waals surface area contributed by atoms with Crippen molar-refractivity contribution in [1.82, 2.24) is 0 Å². The van der Waals surface area contributed by atoms with E-state index in [0.29, 0.717) is 11.1 Å².